The smallest absolute Gasteiger partial charge is 0.494 e. The fraction of sp³-hybridized carbons (Fsp3) is 0.208. The molecule has 1 N–H and O–H groups in total. The van der Waals surface area contributed by atoms with E-state index in [-0.39, 0.29) is 16.3 Å². The number of nitrogens with one attached hydrogen (secondary N) is 1. The lowest BCUT2D eigenvalue weighted by Crippen LogP contribution is -2.38. The van der Waals surface area contributed by atoms with Crippen molar-refractivity contribution in [3.8, 4) is 11.5 Å². The van der Waals surface area contributed by atoms with Gasteiger partial charge >= 0.3 is 6.36 Å². The van der Waals surface area contributed by atoms with Crippen LogP contribution in [0.25, 0.3) is 0 Å². The number of anilines is 2. The Bertz CT molecular complexity index is 1240. The van der Waals surface area contributed by atoms with Crippen molar-refractivity contribution in [1.29, 1.82) is 0 Å². The third-order valence-electron chi connectivity index (χ3n) is 4.70. The van der Waals surface area contributed by atoms with Crippen LogP contribution in [-0.2, 0) is 14.8 Å². The largest absolute Gasteiger partial charge is 0.573 e. The average molecular weight is 509 g/mol. The quantitative estimate of drug-likeness (QED) is 0.433. The monoisotopic (exact) mass is 508 g/mol. The van der Waals surface area contributed by atoms with Crippen LogP contribution < -0.4 is 19.1 Å². The van der Waals surface area contributed by atoms with Crippen molar-refractivity contribution in [3.05, 3.63) is 78.4 Å². The van der Waals surface area contributed by atoms with Crippen molar-refractivity contribution >= 4 is 27.3 Å². The van der Waals surface area contributed by atoms with Gasteiger partial charge in [-0.15, -0.1) is 13.2 Å². The number of benzene rings is 3. The van der Waals surface area contributed by atoms with Gasteiger partial charge in [-0.25, -0.2) is 8.42 Å². The first-order valence-electron chi connectivity index (χ1n) is 10.5. The van der Waals surface area contributed by atoms with Crippen molar-refractivity contribution in [2.24, 2.45) is 0 Å². The summed E-state index contributed by atoms with van der Waals surface area (Å²) in [6, 6.07) is 16.9. The molecule has 3 aromatic carbocycles. The number of nitrogens with zero attached hydrogens (tertiary/aromatic N) is 1. The summed E-state index contributed by atoms with van der Waals surface area (Å²) in [6.07, 6.45) is -4.84. The van der Waals surface area contributed by atoms with Crippen molar-refractivity contribution in [3.63, 3.8) is 0 Å². The summed E-state index contributed by atoms with van der Waals surface area (Å²) >= 11 is 0. The van der Waals surface area contributed by atoms with Crippen molar-refractivity contribution < 1.29 is 35.9 Å². The Kier molecular flexibility index (Phi) is 7.90. The summed E-state index contributed by atoms with van der Waals surface area (Å²) in [4.78, 5) is 12.7. The highest BCUT2D eigenvalue weighted by Crippen LogP contribution is 2.27. The van der Waals surface area contributed by atoms with Gasteiger partial charge in [0.1, 0.15) is 18.0 Å². The van der Waals surface area contributed by atoms with Crippen LogP contribution in [0.3, 0.4) is 0 Å². The highest BCUT2D eigenvalue weighted by molar-refractivity contribution is 7.92. The van der Waals surface area contributed by atoms with E-state index < -0.39 is 34.6 Å². The third-order valence-corrected chi connectivity index (χ3v) is 6.49. The molecular weight excluding hydrogens is 485 g/mol. The van der Waals surface area contributed by atoms with Gasteiger partial charge in [0, 0.05) is 5.69 Å². The molecule has 0 fully saturated rings. The molecule has 3 rings (SSSR count). The number of carbonyl (C=O) groups is 1. The Hall–Kier alpha value is -3.73. The average Bonchev–Trinajstić information content (AvgIpc) is 2.79. The van der Waals surface area contributed by atoms with Crippen LogP contribution in [0.1, 0.15) is 12.5 Å². The second-order valence-electron chi connectivity index (χ2n) is 7.37. The Labute approximate surface area is 201 Å². The second kappa shape index (κ2) is 10.7. The molecule has 0 aliphatic carbocycles. The molecule has 0 aliphatic heterocycles. The van der Waals surface area contributed by atoms with Crippen LogP contribution in [0, 0.1) is 6.92 Å². The van der Waals surface area contributed by atoms with E-state index in [2.05, 4.69) is 10.1 Å². The van der Waals surface area contributed by atoms with Gasteiger partial charge in [-0.2, -0.15) is 0 Å². The Balaban J connectivity index is 1.83. The van der Waals surface area contributed by atoms with Gasteiger partial charge < -0.3 is 14.8 Å². The zero-order valence-electron chi connectivity index (χ0n) is 18.9. The molecule has 0 heterocycles. The van der Waals surface area contributed by atoms with E-state index in [0.29, 0.717) is 12.4 Å². The van der Waals surface area contributed by atoms with Crippen LogP contribution in [-0.4, -0.2) is 33.8 Å². The SMILES string of the molecule is CCOc1ccc(S(=O)(=O)N(CC(=O)Nc2ccc(OC(F)(F)F)cc2)c2ccc(C)cc2)cc1. The first kappa shape index (κ1) is 25.9. The van der Waals surface area contributed by atoms with E-state index >= 15 is 0 Å². The van der Waals surface area contributed by atoms with E-state index in [0.717, 1.165) is 22.0 Å². The van der Waals surface area contributed by atoms with Crippen LogP contribution in [0.2, 0.25) is 0 Å². The topological polar surface area (TPSA) is 84.9 Å². The van der Waals surface area contributed by atoms with Crippen LogP contribution in [0.15, 0.2) is 77.7 Å². The zero-order valence-corrected chi connectivity index (χ0v) is 19.7. The summed E-state index contributed by atoms with van der Waals surface area (Å²) in [6.45, 7) is 3.50. The summed E-state index contributed by atoms with van der Waals surface area (Å²) in [5.41, 5.74) is 1.35. The Morgan fingerprint density at radius 2 is 1.49 bits per heavy atom. The number of carbonyl (C=O) groups excluding carboxylic acids is 1. The van der Waals surface area contributed by atoms with Gasteiger partial charge in [0.15, 0.2) is 0 Å². The van der Waals surface area contributed by atoms with Crippen LogP contribution in [0.5, 0.6) is 11.5 Å². The molecule has 0 atom stereocenters. The zero-order chi connectivity index (χ0) is 25.6. The molecule has 11 heteroatoms. The minimum Gasteiger partial charge on any atom is -0.494 e. The van der Waals surface area contributed by atoms with Crippen molar-refractivity contribution in [2.45, 2.75) is 25.1 Å². The third kappa shape index (κ3) is 7.12. The normalized spacial score (nSPS) is 11.6. The van der Waals surface area contributed by atoms with Gasteiger partial charge in [-0.3, -0.25) is 9.10 Å². The summed E-state index contributed by atoms with van der Waals surface area (Å²) in [7, 11) is -4.14. The summed E-state index contributed by atoms with van der Waals surface area (Å²) in [5, 5.41) is 2.49. The van der Waals surface area contributed by atoms with Gasteiger partial charge in [0.25, 0.3) is 10.0 Å². The lowest BCUT2D eigenvalue weighted by atomic mass is 10.2. The van der Waals surface area contributed by atoms with Crippen molar-refractivity contribution in [1.82, 2.24) is 0 Å². The number of aryl methyl sites for hydroxylation is 1. The minimum absolute atomic E-state index is 0.0389. The van der Waals surface area contributed by atoms with Crippen LogP contribution in [0.4, 0.5) is 24.5 Å². The molecule has 35 heavy (non-hydrogen) atoms. The molecule has 0 unspecified atom stereocenters. The van der Waals surface area contributed by atoms with E-state index in [9.17, 15) is 26.4 Å². The first-order valence-corrected chi connectivity index (χ1v) is 11.9. The minimum atomic E-state index is -4.84. The molecule has 1 amide bonds. The molecule has 0 aromatic heterocycles. The summed E-state index contributed by atoms with van der Waals surface area (Å²) in [5.74, 6) is -0.636. The maximum absolute atomic E-state index is 13.4. The lowest BCUT2D eigenvalue weighted by Gasteiger charge is -2.24. The maximum atomic E-state index is 13.4. The van der Waals surface area contributed by atoms with Gasteiger partial charge in [0.2, 0.25) is 5.91 Å². The van der Waals surface area contributed by atoms with Crippen LogP contribution >= 0.6 is 0 Å². The number of ether oxygens (including phenoxy) is 2. The summed E-state index contributed by atoms with van der Waals surface area (Å²) < 4.78 is 74.0. The van der Waals surface area contributed by atoms with Gasteiger partial charge in [-0.1, -0.05) is 17.7 Å². The molecule has 186 valence electrons. The fourth-order valence-electron chi connectivity index (χ4n) is 3.10. The van der Waals surface area contributed by atoms with E-state index in [1.807, 2.05) is 6.92 Å². The number of amides is 1. The molecule has 7 nitrogen and oxygen atoms in total. The second-order valence-corrected chi connectivity index (χ2v) is 9.23. The number of rotatable bonds is 9. The molecule has 3 aromatic rings. The van der Waals surface area contributed by atoms with E-state index in [1.54, 1.807) is 31.2 Å². The maximum Gasteiger partial charge on any atom is 0.573 e. The Morgan fingerprint density at radius 1 is 0.914 bits per heavy atom. The standard InChI is InChI=1S/C24H23F3N2O5S/c1-3-33-20-12-14-22(15-13-20)35(31,32)29(19-8-4-17(2)5-9-19)16-23(30)28-18-6-10-21(11-7-18)34-24(25,26)27/h4-15H,3,16H2,1-2H3,(H,28,30). The lowest BCUT2D eigenvalue weighted by molar-refractivity contribution is -0.274. The molecule has 0 aliphatic rings. The number of halogens is 3. The van der Waals surface area contributed by atoms with Gasteiger partial charge in [0.05, 0.1) is 17.2 Å². The number of sulfonamides is 1. The Morgan fingerprint density at radius 3 is 2.03 bits per heavy atom. The fourth-order valence-corrected chi connectivity index (χ4v) is 4.52. The predicted octanol–water partition coefficient (Wildman–Crippen LogP) is 5.13. The number of hydrogen-bond donors (Lipinski definition) is 1. The van der Waals surface area contributed by atoms with E-state index in [4.69, 9.17) is 4.74 Å². The molecule has 0 saturated carbocycles. The number of alkyl halides is 3. The molecule has 0 bridgehead atoms. The molecule has 0 spiro atoms. The first-order chi connectivity index (χ1) is 16.5. The number of hydrogen-bond acceptors (Lipinski definition) is 5. The highest BCUT2D eigenvalue weighted by atomic mass is 32.2. The molecular formula is C24H23F3N2O5S. The highest BCUT2D eigenvalue weighted by Gasteiger charge is 2.31. The molecule has 0 radical (unpaired) electrons. The van der Waals surface area contributed by atoms with E-state index in [1.165, 1.54) is 36.4 Å². The van der Waals surface area contributed by atoms with Gasteiger partial charge in [-0.05, 0) is 74.5 Å². The predicted molar refractivity (Wildman–Crippen MR) is 125 cm³/mol. The van der Waals surface area contributed by atoms with Crippen molar-refractivity contribution in [2.75, 3.05) is 22.8 Å². The molecule has 0 saturated heterocycles.